The monoisotopic (exact) mass is 282 g/mol. The average Bonchev–Trinajstić information content (AvgIpc) is 2.74. The number of fused-ring (bicyclic) bond motifs is 1. The summed E-state index contributed by atoms with van der Waals surface area (Å²) in [5.74, 6) is -0.860. The molecule has 1 saturated carbocycles. The summed E-state index contributed by atoms with van der Waals surface area (Å²) in [5, 5.41) is 31.3. The third kappa shape index (κ3) is 1.91. The van der Waals surface area contributed by atoms with Gasteiger partial charge in [0.25, 0.3) is 0 Å². The Morgan fingerprint density at radius 3 is 2.50 bits per heavy atom. The highest BCUT2D eigenvalue weighted by atomic mass is 16.6. The fourth-order valence-corrected chi connectivity index (χ4v) is 4.34. The van der Waals surface area contributed by atoms with E-state index in [0.717, 1.165) is 12.8 Å². The molecule has 3 rings (SSSR count). The van der Waals surface area contributed by atoms with Crippen LogP contribution in [0.1, 0.15) is 40.0 Å². The van der Waals surface area contributed by atoms with E-state index in [1.807, 2.05) is 0 Å². The van der Waals surface area contributed by atoms with Crippen LogP contribution in [0.3, 0.4) is 0 Å². The second-order valence-corrected chi connectivity index (χ2v) is 7.51. The first-order valence-corrected chi connectivity index (χ1v) is 7.15. The Hall–Kier alpha value is -0.910. The SMILES string of the molecule is CC1(C)C[C@@H]2[C@H](O)C3=C(C[C@@](C)(O)[C@@H]2C1)C(=O)O[C@@H]3O. The van der Waals surface area contributed by atoms with Gasteiger partial charge in [0.15, 0.2) is 0 Å². The number of cyclic esters (lactones) is 1. The van der Waals surface area contributed by atoms with Gasteiger partial charge in [0.05, 0.1) is 11.7 Å². The number of carbonyl (C=O) groups is 1. The summed E-state index contributed by atoms with van der Waals surface area (Å²) < 4.78 is 4.80. The van der Waals surface area contributed by atoms with Crippen molar-refractivity contribution in [2.24, 2.45) is 17.3 Å². The molecule has 0 bridgehead atoms. The minimum Gasteiger partial charge on any atom is -0.428 e. The van der Waals surface area contributed by atoms with E-state index >= 15 is 0 Å². The number of aliphatic hydroxyl groups is 3. The molecule has 0 saturated heterocycles. The minimum absolute atomic E-state index is 0.0345. The van der Waals surface area contributed by atoms with Gasteiger partial charge < -0.3 is 20.1 Å². The zero-order valence-corrected chi connectivity index (χ0v) is 12.1. The Morgan fingerprint density at radius 2 is 1.85 bits per heavy atom. The van der Waals surface area contributed by atoms with Crippen molar-refractivity contribution in [1.82, 2.24) is 0 Å². The Morgan fingerprint density at radius 1 is 1.20 bits per heavy atom. The maximum Gasteiger partial charge on any atom is 0.336 e. The summed E-state index contributed by atoms with van der Waals surface area (Å²) in [4.78, 5) is 11.8. The number of ether oxygens (including phenoxy) is 1. The van der Waals surface area contributed by atoms with E-state index in [1.165, 1.54) is 0 Å². The first-order valence-electron chi connectivity index (χ1n) is 7.15. The van der Waals surface area contributed by atoms with Crippen LogP contribution in [-0.2, 0) is 9.53 Å². The summed E-state index contributed by atoms with van der Waals surface area (Å²) >= 11 is 0. The predicted octanol–water partition coefficient (Wildman–Crippen LogP) is 0.726. The molecular formula is C15H22O5. The molecule has 0 radical (unpaired) electrons. The number of carbonyl (C=O) groups excluding carboxylic acids is 1. The molecule has 112 valence electrons. The van der Waals surface area contributed by atoms with Crippen LogP contribution >= 0.6 is 0 Å². The van der Waals surface area contributed by atoms with Gasteiger partial charge >= 0.3 is 5.97 Å². The zero-order chi connectivity index (χ0) is 14.9. The lowest BCUT2D eigenvalue weighted by Crippen LogP contribution is -2.40. The Bertz CT molecular complexity index is 490. The van der Waals surface area contributed by atoms with Crippen LogP contribution in [-0.4, -0.2) is 39.3 Å². The molecule has 5 nitrogen and oxygen atoms in total. The molecule has 0 aromatic rings. The van der Waals surface area contributed by atoms with E-state index in [4.69, 9.17) is 4.74 Å². The first kappa shape index (κ1) is 14.0. The number of rotatable bonds is 0. The topological polar surface area (TPSA) is 87.0 Å². The second-order valence-electron chi connectivity index (χ2n) is 7.51. The normalized spacial score (nSPS) is 46.8. The summed E-state index contributed by atoms with van der Waals surface area (Å²) in [6.45, 7) is 5.95. The van der Waals surface area contributed by atoms with E-state index in [-0.39, 0.29) is 34.8 Å². The largest absolute Gasteiger partial charge is 0.428 e. The summed E-state index contributed by atoms with van der Waals surface area (Å²) in [7, 11) is 0. The van der Waals surface area contributed by atoms with Crippen molar-refractivity contribution < 1.29 is 24.9 Å². The van der Waals surface area contributed by atoms with Gasteiger partial charge in [-0.25, -0.2) is 4.79 Å². The smallest absolute Gasteiger partial charge is 0.336 e. The van der Waals surface area contributed by atoms with E-state index in [1.54, 1.807) is 6.92 Å². The number of aliphatic hydroxyl groups excluding tert-OH is 2. The molecule has 1 heterocycles. The molecule has 2 aliphatic carbocycles. The maximum atomic E-state index is 11.8. The Kier molecular flexibility index (Phi) is 2.85. The number of esters is 1. The van der Waals surface area contributed by atoms with Gasteiger partial charge in [0, 0.05) is 17.6 Å². The minimum atomic E-state index is -1.37. The molecule has 0 aromatic carbocycles. The van der Waals surface area contributed by atoms with Crippen molar-refractivity contribution in [2.75, 3.05) is 0 Å². The van der Waals surface area contributed by atoms with Crippen molar-refractivity contribution in [3.05, 3.63) is 11.1 Å². The van der Waals surface area contributed by atoms with E-state index < -0.39 is 24.0 Å². The van der Waals surface area contributed by atoms with Crippen LogP contribution in [0.15, 0.2) is 11.1 Å². The van der Waals surface area contributed by atoms with Gasteiger partial charge in [-0.05, 0) is 37.0 Å². The van der Waals surface area contributed by atoms with Crippen molar-refractivity contribution in [3.8, 4) is 0 Å². The third-order valence-corrected chi connectivity index (χ3v) is 5.21. The van der Waals surface area contributed by atoms with Gasteiger partial charge in [-0.15, -0.1) is 0 Å². The summed E-state index contributed by atoms with van der Waals surface area (Å²) in [6.07, 6.45) is -0.606. The van der Waals surface area contributed by atoms with E-state index in [0.29, 0.717) is 0 Å². The average molecular weight is 282 g/mol. The van der Waals surface area contributed by atoms with Gasteiger partial charge in [-0.1, -0.05) is 13.8 Å². The lowest BCUT2D eigenvalue weighted by molar-refractivity contribution is -0.154. The lowest BCUT2D eigenvalue weighted by atomic mass is 9.78. The third-order valence-electron chi connectivity index (χ3n) is 5.21. The van der Waals surface area contributed by atoms with Crippen molar-refractivity contribution in [3.63, 3.8) is 0 Å². The van der Waals surface area contributed by atoms with Crippen molar-refractivity contribution >= 4 is 5.97 Å². The van der Waals surface area contributed by atoms with Crippen LogP contribution < -0.4 is 0 Å². The molecule has 3 N–H and O–H groups in total. The molecule has 20 heavy (non-hydrogen) atoms. The molecule has 0 spiro atoms. The molecule has 0 amide bonds. The fourth-order valence-electron chi connectivity index (χ4n) is 4.34. The summed E-state index contributed by atoms with van der Waals surface area (Å²) in [6, 6.07) is 0. The molecule has 3 aliphatic rings. The lowest BCUT2D eigenvalue weighted by Gasteiger charge is -2.34. The van der Waals surface area contributed by atoms with Crippen LogP contribution in [0.2, 0.25) is 0 Å². The quantitative estimate of drug-likeness (QED) is 0.570. The highest BCUT2D eigenvalue weighted by molar-refractivity contribution is 5.92. The van der Waals surface area contributed by atoms with Gasteiger partial charge in [-0.3, -0.25) is 0 Å². The van der Waals surface area contributed by atoms with Crippen molar-refractivity contribution in [2.45, 2.75) is 58.0 Å². The highest BCUT2D eigenvalue weighted by Gasteiger charge is 2.56. The van der Waals surface area contributed by atoms with Crippen LogP contribution in [0.4, 0.5) is 0 Å². The summed E-state index contributed by atoms with van der Waals surface area (Å²) in [5.41, 5.74) is -0.519. The van der Waals surface area contributed by atoms with Gasteiger partial charge in [-0.2, -0.15) is 0 Å². The second kappa shape index (κ2) is 4.06. The van der Waals surface area contributed by atoms with E-state index in [9.17, 15) is 20.1 Å². The first-order chi connectivity index (χ1) is 9.12. The Balaban J connectivity index is 2.07. The molecule has 5 heteroatoms. The van der Waals surface area contributed by atoms with Crippen LogP contribution in [0.5, 0.6) is 0 Å². The van der Waals surface area contributed by atoms with Crippen LogP contribution in [0.25, 0.3) is 0 Å². The maximum absolute atomic E-state index is 11.8. The number of hydrogen-bond acceptors (Lipinski definition) is 5. The molecule has 1 aliphatic heterocycles. The molecule has 1 fully saturated rings. The van der Waals surface area contributed by atoms with Crippen LogP contribution in [0, 0.1) is 17.3 Å². The standard InChI is InChI=1S/C15H22O5/c1-14(2)4-7-9(6-14)15(3,19)5-8-10(11(7)16)13(18)20-12(8)17/h7,9,11,13,16,18-19H,4-6H2,1-3H3/t7-,9+,11-,13-,15+/m0/s1. The van der Waals surface area contributed by atoms with Crippen molar-refractivity contribution in [1.29, 1.82) is 0 Å². The van der Waals surface area contributed by atoms with Gasteiger partial charge in [0.2, 0.25) is 6.29 Å². The zero-order valence-electron chi connectivity index (χ0n) is 12.1. The molecule has 0 unspecified atom stereocenters. The van der Waals surface area contributed by atoms with Gasteiger partial charge in [0.1, 0.15) is 0 Å². The van der Waals surface area contributed by atoms with E-state index in [2.05, 4.69) is 13.8 Å². The molecular weight excluding hydrogens is 260 g/mol. The number of hydrogen-bond donors (Lipinski definition) is 3. The molecule has 0 aromatic heterocycles. The fraction of sp³-hybridized carbons (Fsp3) is 0.800. The molecule has 5 atom stereocenters. The predicted molar refractivity (Wildman–Crippen MR) is 70.4 cm³/mol. The Labute approximate surface area is 118 Å². The highest BCUT2D eigenvalue weighted by Crippen LogP contribution is 2.55.